The molecular weight excluding hydrogens is 837 g/mol. The summed E-state index contributed by atoms with van der Waals surface area (Å²) in [6.45, 7) is 4.72. The third-order valence-corrected chi connectivity index (χ3v) is 15.7. The molecule has 4 aromatic heterocycles. The highest BCUT2D eigenvalue weighted by Gasteiger charge is 2.39. The number of para-hydroxylation sites is 5. The van der Waals surface area contributed by atoms with Gasteiger partial charge < -0.3 is 0 Å². The summed E-state index contributed by atoms with van der Waals surface area (Å²) in [5.74, 6) is 1.66. The van der Waals surface area contributed by atoms with Crippen molar-refractivity contribution in [2.45, 2.75) is 19.3 Å². The quantitative estimate of drug-likeness (QED) is 0.166. The van der Waals surface area contributed by atoms with Gasteiger partial charge in [0.25, 0.3) is 0 Å². The fraction of sp³-hybridized carbons (Fsp3) is 0.0500. The monoisotopic (exact) mass is 874 g/mol. The van der Waals surface area contributed by atoms with Gasteiger partial charge in [-0.15, -0.1) is 11.3 Å². The molecule has 0 atom stereocenters. The van der Waals surface area contributed by atoms with Crippen molar-refractivity contribution < 1.29 is 0 Å². The number of anilines is 3. The number of nitrogens with zero attached hydrogens (tertiary/aromatic N) is 6. The Hall–Kier alpha value is -8.39. The third kappa shape index (κ3) is 5.01. The molecule has 0 saturated heterocycles. The van der Waals surface area contributed by atoms with E-state index in [-0.39, 0.29) is 5.41 Å². The Morgan fingerprint density at radius 1 is 0.328 bits per heavy atom. The van der Waals surface area contributed by atoms with Crippen molar-refractivity contribution >= 4 is 125 Å². The first-order chi connectivity index (χ1) is 33.0. The maximum atomic E-state index is 5.59. The van der Waals surface area contributed by atoms with Gasteiger partial charge in [-0.1, -0.05) is 153 Å². The van der Waals surface area contributed by atoms with Crippen molar-refractivity contribution in [1.29, 1.82) is 0 Å². The highest BCUT2D eigenvalue weighted by atomic mass is 32.1. The zero-order chi connectivity index (χ0) is 44.1. The predicted molar refractivity (Wildman–Crippen MR) is 281 cm³/mol. The van der Waals surface area contributed by atoms with E-state index in [0.717, 1.165) is 55.0 Å². The molecule has 0 bridgehead atoms. The molecule has 0 unspecified atom stereocenters. The molecule has 5 heterocycles. The van der Waals surface area contributed by atoms with Crippen molar-refractivity contribution in [1.82, 2.24) is 24.1 Å². The minimum absolute atomic E-state index is 0.344. The molecule has 0 saturated carbocycles. The predicted octanol–water partition coefficient (Wildman–Crippen LogP) is 16.0. The highest BCUT2D eigenvalue weighted by molar-refractivity contribution is 7.26. The summed E-state index contributed by atoms with van der Waals surface area (Å²) in [5.41, 5.74) is 8.35. The Kier molecular flexibility index (Phi) is 7.35. The second-order valence-electron chi connectivity index (χ2n) is 18.4. The van der Waals surface area contributed by atoms with Crippen LogP contribution >= 0.6 is 11.3 Å². The topological polar surface area (TPSA) is 51.8 Å². The van der Waals surface area contributed by atoms with E-state index in [2.05, 4.69) is 222 Å². The summed E-state index contributed by atoms with van der Waals surface area (Å²) in [5, 5.41) is 14.8. The maximum absolute atomic E-state index is 5.59. The Bertz CT molecular complexity index is 4220. The molecule has 0 radical (unpaired) electrons. The standard InChI is InChI=1S/C60H38N6S/c1-60(2)47-25-11-16-30-53(47)66(54-34-56-46(32-48(54)60)45-31-43-37-19-5-3-17-35(37)36-18-4-6-20-38(36)44(43)33-55(45)67-56)59-62-57(64-49-26-12-7-21-39(49)40-22-8-13-27-50(40)64)61-58(63-59)65-51-28-14-9-23-41(51)42-24-10-15-29-52(42)65/h3-34H,1-2H3. The molecule has 10 aromatic carbocycles. The average molecular weight is 875 g/mol. The summed E-state index contributed by atoms with van der Waals surface area (Å²) in [7, 11) is 0. The second kappa shape index (κ2) is 13.3. The molecule has 7 heteroatoms. The van der Waals surface area contributed by atoms with Gasteiger partial charge in [0.15, 0.2) is 0 Å². The average Bonchev–Trinajstić information content (AvgIpc) is 4.03. The molecule has 1 aliphatic rings. The van der Waals surface area contributed by atoms with E-state index in [0.29, 0.717) is 17.8 Å². The van der Waals surface area contributed by atoms with Crippen molar-refractivity contribution in [2.24, 2.45) is 0 Å². The zero-order valence-corrected chi connectivity index (χ0v) is 37.4. The molecule has 14 aromatic rings. The van der Waals surface area contributed by atoms with Gasteiger partial charge >= 0.3 is 0 Å². The van der Waals surface area contributed by atoms with Gasteiger partial charge in [-0.2, -0.15) is 15.0 Å². The summed E-state index contributed by atoms with van der Waals surface area (Å²) in [6.07, 6.45) is 0. The summed E-state index contributed by atoms with van der Waals surface area (Å²) in [6, 6.07) is 70.5. The Balaban J connectivity index is 1.04. The summed E-state index contributed by atoms with van der Waals surface area (Å²) >= 11 is 1.86. The van der Waals surface area contributed by atoms with Crippen molar-refractivity contribution in [3.05, 3.63) is 205 Å². The first kappa shape index (κ1) is 36.9. The smallest absolute Gasteiger partial charge is 0.241 e. The molecule has 0 fully saturated rings. The fourth-order valence-electron chi connectivity index (χ4n) is 11.5. The van der Waals surface area contributed by atoms with E-state index in [4.69, 9.17) is 15.0 Å². The van der Waals surface area contributed by atoms with Crippen LogP contribution in [0.1, 0.15) is 25.0 Å². The van der Waals surface area contributed by atoms with Gasteiger partial charge in [-0.3, -0.25) is 14.0 Å². The van der Waals surface area contributed by atoms with E-state index >= 15 is 0 Å². The number of hydrogen-bond acceptors (Lipinski definition) is 5. The molecule has 314 valence electrons. The normalized spacial score (nSPS) is 13.6. The lowest BCUT2D eigenvalue weighted by Crippen LogP contribution is -2.31. The van der Waals surface area contributed by atoms with E-state index < -0.39 is 0 Å². The molecule has 0 N–H and O–H groups in total. The largest absolute Gasteiger partial charge is 0.278 e. The van der Waals surface area contributed by atoms with Gasteiger partial charge in [-0.05, 0) is 98.0 Å². The lowest BCUT2D eigenvalue weighted by atomic mass is 9.73. The molecule has 6 nitrogen and oxygen atoms in total. The molecule has 0 amide bonds. The third-order valence-electron chi connectivity index (χ3n) is 14.5. The van der Waals surface area contributed by atoms with Crippen LogP contribution in [0.3, 0.4) is 0 Å². The number of benzene rings is 10. The maximum Gasteiger partial charge on any atom is 0.241 e. The van der Waals surface area contributed by atoms with Crippen LogP contribution in [0.5, 0.6) is 0 Å². The van der Waals surface area contributed by atoms with Crippen LogP contribution in [-0.4, -0.2) is 24.1 Å². The van der Waals surface area contributed by atoms with Gasteiger partial charge in [0, 0.05) is 47.1 Å². The summed E-state index contributed by atoms with van der Waals surface area (Å²) in [4.78, 5) is 19.0. The van der Waals surface area contributed by atoms with Crippen LogP contribution in [-0.2, 0) is 5.41 Å². The Morgan fingerprint density at radius 3 is 1.24 bits per heavy atom. The van der Waals surface area contributed by atoms with Crippen LogP contribution in [0.15, 0.2) is 194 Å². The molecule has 0 aliphatic carbocycles. The number of rotatable bonds is 3. The molecular formula is C60H38N6S. The van der Waals surface area contributed by atoms with E-state index in [1.54, 1.807) is 0 Å². The lowest BCUT2D eigenvalue weighted by molar-refractivity contribution is 0.631. The van der Waals surface area contributed by atoms with E-state index in [1.807, 2.05) is 11.3 Å². The first-order valence-electron chi connectivity index (χ1n) is 22.9. The van der Waals surface area contributed by atoms with Crippen LogP contribution in [0.4, 0.5) is 17.3 Å². The lowest BCUT2D eigenvalue weighted by Gasteiger charge is -2.41. The van der Waals surface area contributed by atoms with Crippen LogP contribution < -0.4 is 4.90 Å². The van der Waals surface area contributed by atoms with Crippen LogP contribution in [0, 0.1) is 0 Å². The SMILES string of the molecule is CC1(C)c2ccccc2N(c2nc(-n3c4ccccc4c4ccccc43)nc(-n3c4ccccc4c4ccccc43)n2)c2cc3sc4cc5c6ccccc6c6ccccc6c5cc4c3cc21. The Morgan fingerprint density at radius 2 is 0.716 bits per heavy atom. The van der Waals surface area contributed by atoms with Gasteiger partial charge in [0.1, 0.15) is 0 Å². The van der Waals surface area contributed by atoms with Crippen molar-refractivity contribution in [2.75, 3.05) is 4.90 Å². The minimum Gasteiger partial charge on any atom is -0.278 e. The van der Waals surface area contributed by atoms with Crippen LogP contribution in [0.25, 0.3) is 108 Å². The number of hydrogen-bond donors (Lipinski definition) is 0. The van der Waals surface area contributed by atoms with Crippen LogP contribution in [0.2, 0.25) is 0 Å². The molecule has 67 heavy (non-hydrogen) atoms. The van der Waals surface area contributed by atoms with Gasteiger partial charge in [0.05, 0.1) is 33.4 Å². The van der Waals surface area contributed by atoms with E-state index in [9.17, 15) is 0 Å². The van der Waals surface area contributed by atoms with Gasteiger partial charge in [-0.25, -0.2) is 0 Å². The Labute approximate surface area is 388 Å². The highest BCUT2D eigenvalue weighted by Crippen LogP contribution is 2.54. The zero-order valence-electron chi connectivity index (χ0n) is 36.6. The minimum atomic E-state index is -0.344. The summed E-state index contributed by atoms with van der Waals surface area (Å²) < 4.78 is 6.91. The fourth-order valence-corrected chi connectivity index (χ4v) is 12.6. The van der Waals surface area contributed by atoms with Gasteiger partial charge in [0.2, 0.25) is 17.8 Å². The van der Waals surface area contributed by atoms with Crippen molar-refractivity contribution in [3.63, 3.8) is 0 Å². The number of aromatic nitrogens is 5. The molecule has 1 aliphatic heterocycles. The van der Waals surface area contributed by atoms with Crippen molar-refractivity contribution in [3.8, 4) is 11.9 Å². The second-order valence-corrected chi connectivity index (χ2v) is 19.5. The molecule has 15 rings (SSSR count). The molecule has 0 spiro atoms. The van der Waals surface area contributed by atoms with E-state index in [1.165, 1.54) is 63.6 Å². The number of thiophene rings is 1. The number of fused-ring (bicyclic) bond motifs is 17. The first-order valence-corrected chi connectivity index (χ1v) is 23.7.